The van der Waals surface area contributed by atoms with Crippen LogP contribution in [0, 0.1) is 13.8 Å². The minimum absolute atomic E-state index is 0.907. The van der Waals surface area contributed by atoms with E-state index in [1.807, 2.05) is 0 Å². The average molecular weight is 178 g/mol. The van der Waals surface area contributed by atoms with Crippen molar-refractivity contribution in [3.63, 3.8) is 0 Å². The third kappa shape index (κ3) is 1.77. The number of hydrogen-bond acceptors (Lipinski definition) is 2. The number of anilines is 2. The Labute approximate surface area is 80.4 Å². The highest BCUT2D eigenvalue weighted by atomic mass is 15.1. The minimum atomic E-state index is 0.907. The molecule has 0 unspecified atom stereocenters. The van der Waals surface area contributed by atoms with Crippen LogP contribution in [0.25, 0.3) is 0 Å². The summed E-state index contributed by atoms with van der Waals surface area (Å²) in [7, 11) is 2.06. The third-order valence-corrected chi connectivity index (χ3v) is 2.65. The van der Waals surface area contributed by atoms with Crippen LogP contribution in [0.5, 0.6) is 0 Å². The summed E-state index contributed by atoms with van der Waals surface area (Å²) in [6.45, 7) is 7.25. The van der Waals surface area contributed by atoms with E-state index in [1.165, 1.54) is 11.1 Å². The van der Waals surface area contributed by atoms with E-state index in [4.69, 9.17) is 5.73 Å². The predicted octanol–water partition coefficient (Wildman–Crippen LogP) is 2.34. The molecule has 0 atom stereocenters. The maximum Gasteiger partial charge on any atom is 0.0600 e. The van der Waals surface area contributed by atoms with Crippen molar-refractivity contribution in [1.29, 1.82) is 0 Å². The quantitative estimate of drug-likeness (QED) is 0.704. The highest BCUT2D eigenvalue weighted by molar-refractivity contribution is 5.72. The lowest BCUT2D eigenvalue weighted by Gasteiger charge is -2.20. The van der Waals surface area contributed by atoms with Crippen LogP contribution in [0.3, 0.4) is 0 Å². The van der Waals surface area contributed by atoms with E-state index < -0.39 is 0 Å². The number of nitrogens with zero attached hydrogens (tertiary/aromatic N) is 1. The van der Waals surface area contributed by atoms with E-state index in [0.29, 0.717) is 0 Å². The fourth-order valence-electron chi connectivity index (χ4n) is 1.33. The molecule has 0 spiro atoms. The zero-order chi connectivity index (χ0) is 10.0. The molecule has 0 radical (unpaired) electrons. The van der Waals surface area contributed by atoms with Crippen LogP contribution >= 0.6 is 0 Å². The Kier molecular flexibility index (Phi) is 2.81. The molecule has 0 fully saturated rings. The maximum atomic E-state index is 6.02. The first kappa shape index (κ1) is 9.90. The normalized spacial score (nSPS) is 10.2. The van der Waals surface area contributed by atoms with Crippen molar-refractivity contribution in [2.45, 2.75) is 20.8 Å². The first-order chi connectivity index (χ1) is 6.07. The van der Waals surface area contributed by atoms with Crippen LogP contribution < -0.4 is 10.6 Å². The van der Waals surface area contributed by atoms with Gasteiger partial charge >= 0.3 is 0 Å². The third-order valence-electron chi connectivity index (χ3n) is 2.65. The van der Waals surface area contributed by atoms with Gasteiger partial charge in [0.2, 0.25) is 0 Å². The van der Waals surface area contributed by atoms with E-state index in [0.717, 1.165) is 17.9 Å². The number of aryl methyl sites for hydroxylation is 1. The molecule has 0 amide bonds. The molecule has 0 aliphatic carbocycles. The molecule has 1 aromatic rings. The molecule has 1 rings (SSSR count). The Morgan fingerprint density at radius 1 is 1.31 bits per heavy atom. The van der Waals surface area contributed by atoms with Gasteiger partial charge in [0.1, 0.15) is 0 Å². The number of nitrogen functional groups attached to an aromatic ring is 1. The molecule has 72 valence electrons. The molecule has 0 aliphatic heterocycles. The lowest BCUT2D eigenvalue weighted by molar-refractivity contribution is 0.968. The predicted molar refractivity (Wildman–Crippen MR) is 59.3 cm³/mol. The molecule has 13 heavy (non-hydrogen) atoms. The molecule has 2 heteroatoms. The van der Waals surface area contributed by atoms with Gasteiger partial charge in [0, 0.05) is 13.6 Å². The molecule has 2 N–H and O–H groups in total. The molecule has 0 bridgehead atoms. The molecule has 0 aliphatic rings. The molecule has 0 saturated carbocycles. The molecular weight excluding hydrogens is 160 g/mol. The van der Waals surface area contributed by atoms with Crippen molar-refractivity contribution in [2.75, 3.05) is 24.2 Å². The summed E-state index contributed by atoms with van der Waals surface area (Å²) in [5.41, 5.74) is 10.5. The van der Waals surface area contributed by atoms with Gasteiger partial charge in [-0.25, -0.2) is 0 Å². The van der Waals surface area contributed by atoms with Gasteiger partial charge in [0.25, 0.3) is 0 Å². The van der Waals surface area contributed by atoms with Gasteiger partial charge in [-0.1, -0.05) is 6.07 Å². The fraction of sp³-hybridized carbons (Fsp3) is 0.455. The van der Waals surface area contributed by atoms with Crippen LogP contribution in [0.2, 0.25) is 0 Å². The molecular formula is C11H18N2. The summed E-state index contributed by atoms with van der Waals surface area (Å²) in [5, 5.41) is 0. The lowest BCUT2D eigenvalue weighted by Crippen LogP contribution is -2.17. The van der Waals surface area contributed by atoms with Crippen molar-refractivity contribution < 1.29 is 0 Å². The number of benzene rings is 1. The van der Waals surface area contributed by atoms with E-state index in [2.05, 4.69) is 44.9 Å². The van der Waals surface area contributed by atoms with E-state index >= 15 is 0 Å². The van der Waals surface area contributed by atoms with Crippen LogP contribution in [-0.2, 0) is 0 Å². The van der Waals surface area contributed by atoms with Crippen molar-refractivity contribution in [3.8, 4) is 0 Å². The summed E-state index contributed by atoms with van der Waals surface area (Å²) in [6, 6.07) is 4.20. The van der Waals surface area contributed by atoms with Gasteiger partial charge in [0.05, 0.1) is 11.4 Å². The summed E-state index contributed by atoms with van der Waals surface area (Å²) in [4.78, 5) is 2.15. The van der Waals surface area contributed by atoms with Crippen LogP contribution in [-0.4, -0.2) is 13.6 Å². The second-order valence-corrected chi connectivity index (χ2v) is 3.45. The highest BCUT2D eigenvalue weighted by Crippen LogP contribution is 2.27. The SMILES string of the molecule is CCN(C)c1ccc(C)c(C)c1N. The molecule has 1 aromatic carbocycles. The summed E-state index contributed by atoms with van der Waals surface area (Å²) in [6.07, 6.45) is 0. The number of nitrogens with two attached hydrogens (primary N) is 1. The molecule has 0 aromatic heterocycles. The van der Waals surface area contributed by atoms with Crippen LogP contribution in [0.15, 0.2) is 12.1 Å². The highest BCUT2D eigenvalue weighted by Gasteiger charge is 2.06. The molecule has 2 nitrogen and oxygen atoms in total. The van der Waals surface area contributed by atoms with Gasteiger partial charge in [-0.05, 0) is 38.0 Å². The molecule has 0 heterocycles. The van der Waals surface area contributed by atoms with Gasteiger partial charge in [-0.15, -0.1) is 0 Å². The van der Waals surface area contributed by atoms with Gasteiger partial charge in [0.15, 0.2) is 0 Å². The molecule has 0 saturated heterocycles. The first-order valence-electron chi connectivity index (χ1n) is 4.64. The number of hydrogen-bond donors (Lipinski definition) is 1. The van der Waals surface area contributed by atoms with Crippen molar-refractivity contribution in [1.82, 2.24) is 0 Å². The smallest absolute Gasteiger partial charge is 0.0600 e. The largest absolute Gasteiger partial charge is 0.397 e. The maximum absolute atomic E-state index is 6.02. The second kappa shape index (κ2) is 3.69. The monoisotopic (exact) mass is 178 g/mol. The Hall–Kier alpha value is -1.18. The van der Waals surface area contributed by atoms with Gasteiger partial charge in [-0.2, -0.15) is 0 Å². The topological polar surface area (TPSA) is 29.3 Å². The zero-order valence-corrected chi connectivity index (χ0v) is 8.89. The Bertz CT molecular complexity index is 305. The Balaban J connectivity index is 3.18. The second-order valence-electron chi connectivity index (χ2n) is 3.45. The summed E-state index contributed by atoms with van der Waals surface area (Å²) < 4.78 is 0. The number of rotatable bonds is 2. The lowest BCUT2D eigenvalue weighted by atomic mass is 10.1. The van der Waals surface area contributed by atoms with Crippen LogP contribution in [0.4, 0.5) is 11.4 Å². The minimum Gasteiger partial charge on any atom is -0.397 e. The van der Waals surface area contributed by atoms with Crippen molar-refractivity contribution in [2.24, 2.45) is 0 Å². The van der Waals surface area contributed by atoms with Crippen LogP contribution in [0.1, 0.15) is 18.1 Å². The average Bonchev–Trinajstić information content (AvgIpc) is 2.13. The van der Waals surface area contributed by atoms with E-state index in [-0.39, 0.29) is 0 Å². The fourth-order valence-corrected chi connectivity index (χ4v) is 1.33. The van der Waals surface area contributed by atoms with E-state index in [1.54, 1.807) is 0 Å². The first-order valence-corrected chi connectivity index (χ1v) is 4.64. The zero-order valence-electron chi connectivity index (χ0n) is 8.89. The van der Waals surface area contributed by atoms with E-state index in [9.17, 15) is 0 Å². The summed E-state index contributed by atoms with van der Waals surface area (Å²) >= 11 is 0. The summed E-state index contributed by atoms with van der Waals surface area (Å²) in [5.74, 6) is 0. The van der Waals surface area contributed by atoms with Gasteiger partial charge in [-0.3, -0.25) is 0 Å². The van der Waals surface area contributed by atoms with Gasteiger partial charge < -0.3 is 10.6 Å². The van der Waals surface area contributed by atoms with Crippen molar-refractivity contribution in [3.05, 3.63) is 23.3 Å². The standard InChI is InChI=1S/C11H18N2/c1-5-13(4)10-7-6-8(2)9(3)11(10)12/h6-7H,5,12H2,1-4H3. The van der Waals surface area contributed by atoms with Crippen molar-refractivity contribution >= 4 is 11.4 Å². The Morgan fingerprint density at radius 2 is 1.92 bits per heavy atom. The Morgan fingerprint density at radius 3 is 2.46 bits per heavy atom.